The summed E-state index contributed by atoms with van der Waals surface area (Å²) in [6.07, 6.45) is 4.09. The Hall–Kier alpha value is -0.860. The number of rotatable bonds is 5. The summed E-state index contributed by atoms with van der Waals surface area (Å²) >= 11 is 0. The van der Waals surface area contributed by atoms with Crippen molar-refractivity contribution in [2.75, 3.05) is 19.6 Å². The van der Waals surface area contributed by atoms with E-state index < -0.39 is 0 Å². The summed E-state index contributed by atoms with van der Waals surface area (Å²) in [6.45, 7) is 8.77. The lowest BCUT2D eigenvalue weighted by atomic mass is 10.1. The van der Waals surface area contributed by atoms with Gasteiger partial charge in [-0.05, 0) is 38.3 Å². The van der Waals surface area contributed by atoms with Crippen molar-refractivity contribution in [1.29, 1.82) is 0 Å². The number of nitrogens with zero attached hydrogens (tertiary/aromatic N) is 1. The average molecular weight is 247 g/mol. The number of likely N-dealkylation sites (tertiary alicyclic amines) is 1. The second kappa shape index (κ2) is 6.91. The van der Waals surface area contributed by atoms with Gasteiger partial charge < -0.3 is 9.64 Å². The quantitative estimate of drug-likeness (QED) is 0.791. The average Bonchev–Trinajstić information content (AvgIpc) is 2.40. The molecule has 0 radical (unpaired) electrons. The third kappa shape index (κ3) is 4.11. The predicted octanol–water partition coefficient (Wildman–Crippen LogP) is 3.39. The molecule has 1 saturated heterocycles. The molecule has 0 atom stereocenters. The van der Waals surface area contributed by atoms with Gasteiger partial charge in [0.1, 0.15) is 0 Å². The highest BCUT2D eigenvalue weighted by atomic mass is 16.5. The monoisotopic (exact) mass is 247 g/mol. The van der Waals surface area contributed by atoms with E-state index in [-0.39, 0.29) is 0 Å². The van der Waals surface area contributed by atoms with E-state index in [1.165, 1.54) is 50.0 Å². The summed E-state index contributed by atoms with van der Waals surface area (Å²) in [6, 6.07) is 8.65. The minimum absolute atomic E-state index is 0.458. The Morgan fingerprint density at radius 1 is 1.17 bits per heavy atom. The van der Waals surface area contributed by atoms with Crippen molar-refractivity contribution in [2.24, 2.45) is 0 Å². The number of benzene rings is 1. The van der Waals surface area contributed by atoms with Crippen LogP contribution in [-0.2, 0) is 11.3 Å². The smallest absolute Gasteiger partial charge is 0.0720 e. The third-order valence-electron chi connectivity index (χ3n) is 3.68. The van der Waals surface area contributed by atoms with Crippen molar-refractivity contribution < 1.29 is 4.74 Å². The van der Waals surface area contributed by atoms with Crippen molar-refractivity contribution >= 4 is 0 Å². The Morgan fingerprint density at radius 3 is 2.44 bits per heavy atom. The van der Waals surface area contributed by atoms with Crippen molar-refractivity contribution in [3.05, 3.63) is 35.4 Å². The number of aryl methyl sites for hydroxylation is 1. The van der Waals surface area contributed by atoms with Crippen molar-refractivity contribution in [2.45, 2.75) is 45.8 Å². The Balaban J connectivity index is 1.70. The molecule has 0 aliphatic carbocycles. The van der Waals surface area contributed by atoms with E-state index >= 15 is 0 Å². The lowest BCUT2D eigenvalue weighted by Crippen LogP contribution is -2.37. The number of ether oxygens (including phenoxy) is 1. The summed E-state index contributed by atoms with van der Waals surface area (Å²) < 4.78 is 6.01. The van der Waals surface area contributed by atoms with E-state index in [1.807, 2.05) is 0 Å². The van der Waals surface area contributed by atoms with Gasteiger partial charge in [-0.3, -0.25) is 0 Å². The molecule has 2 nitrogen and oxygen atoms in total. The molecule has 0 saturated carbocycles. The van der Waals surface area contributed by atoms with Crippen LogP contribution in [0.25, 0.3) is 0 Å². The van der Waals surface area contributed by atoms with Crippen LogP contribution in [0.1, 0.15) is 37.3 Å². The van der Waals surface area contributed by atoms with Crippen LogP contribution in [0.2, 0.25) is 0 Å². The molecule has 0 amide bonds. The lowest BCUT2D eigenvalue weighted by Gasteiger charge is -2.31. The van der Waals surface area contributed by atoms with E-state index in [0.717, 1.165) is 6.61 Å². The second-order valence-electron chi connectivity index (χ2n) is 5.34. The van der Waals surface area contributed by atoms with Gasteiger partial charge in [-0.25, -0.2) is 0 Å². The van der Waals surface area contributed by atoms with Gasteiger partial charge in [-0.15, -0.1) is 0 Å². The van der Waals surface area contributed by atoms with Gasteiger partial charge in [-0.2, -0.15) is 0 Å². The molecule has 1 aromatic carbocycles. The van der Waals surface area contributed by atoms with Crippen LogP contribution in [0, 0.1) is 6.92 Å². The van der Waals surface area contributed by atoms with Gasteiger partial charge >= 0.3 is 0 Å². The van der Waals surface area contributed by atoms with Crippen molar-refractivity contribution in [3.63, 3.8) is 0 Å². The maximum Gasteiger partial charge on any atom is 0.0720 e. The zero-order chi connectivity index (χ0) is 12.8. The second-order valence-corrected chi connectivity index (χ2v) is 5.34. The van der Waals surface area contributed by atoms with Crippen molar-refractivity contribution in [1.82, 2.24) is 4.90 Å². The Morgan fingerprint density at radius 2 is 1.83 bits per heavy atom. The zero-order valence-electron chi connectivity index (χ0n) is 11.7. The molecule has 0 aromatic heterocycles. The van der Waals surface area contributed by atoms with E-state index in [4.69, 9.17) is 4.74 Å². The standard InChI is InChI=1S/C16H25NO/c1-3-10-17-11-8-16(9-12-17)18-13-15-6-4-14(2)5-7-15/h4-7,16H,3,8-13H2,1-2H3. The maximum atomic E-state index is 6.01. The SMILES string of the molecule is CCCN1CCC(OCc2ccc(C)cc2)CC1. The Labute approximate surface area is 111 Å². The fourth-order valence-electron chi connectivity index (χ4n) is 2.51. The molecule has 0 bridgehead atoms. The number of piperidine rings is 1. The molecule has 2 rings (SSSR count). The molecule has 1 fully saturated rings. The molecule has 1 aliphatic heterocycles. The molecule has 100 valence electrons. The van der Waals surface area contributed by atoms with Crippen molar-refractivity contribution in [3.8, 4) is 0 Å². The van der Waals surface area contributed by atoms with Crippen LogP contribution < -0.4 is 0 Å². The normalized spacial score (nSPS) is 18.1. The van der Waals surface area contributed by atoms with E-state index in [1.54, 1.807) is 0 Å². The molecule has 0 unspecified atom stereocenters. The molecular formula is C16H25NO. The molecule has 0 N–H and O–H groups in total. The minimum Gasteiger partial charge on any atom is -0.373 e. The van der Waals surface area contributed by atoms with Crippen LogP contribution in [0.4, 0.5) is 0 Å². The molecule has 2 heteroatoms. The highest BCUT2D eigenvalue weighted by molar-refractivity contribution is 5.20. The molecule has 18 heavy (non-hydrogen) atoms. The fraction of sp³-hybridized carbons (Fsp3) is 0.625. The lowest BCUT2D eigenvalue weighted by molar-refractivity contribution is -0.00236. The molecule has 1 aliphatic rings. The summed E-state index contributed by atoms with van der Waals surface area (Å²) in [5.74, 6) is 0. The topological polar surface area (TPSA) is 12.5 Å². The summed E-state index contributed by atoms with van der Waals surface area (Å²) in [4.78, 5) is 2.55. The Kier molecular flexibility index (Phi) is 5.21. The fourth-order valence-corrected chi connectivity index (χ4v) is 2.51. The van der Waals surface area contributed by atoms with Gasteiger partial charge in [0, 0.05) is 13.1 Å². The van der Waals surface area contributed by atoms with Gasteiger partial charge in [-0.1, -0.05) is 36.8 Å². The highest BCUT2D eigenvalue weighted by Gasteiger charge is 2.18. The third-order valence-corrected chi connectivity index (χ3v) is 3.68. The summed E-state index contributed by atoms with van der Waals surface area (Å²) in [7, 11) is 0. The van der Waals surface area contributed by atoms with Crippen LogP contribution in [0.15, 0.2) is 24.3 Å². The van der Waals surface area contributed by atoms with E-state index in [2.05, 4.69) is 43.0 Å². The maximum absolute atomic E-state index is 6.01. The number of hydrogen-bond acceptors (Lipinski definition) is 2. The van der Waals surface area contributed by atoms with Gasteiger partial charge in [0.2, 0.25) is 0 Å². The first-order valence-electron chi connectivity index (χ1n) is 7.17. The largest absolute Gasteiger partial charge is 0.373 e. The first-order valence-corrected chi connectivity index (χ1v) is 7.17. The first-order chi connectivity index (χ1) is 8.78. The van der Waals surface area contributed by atoms with Gasteiger partial charge in [0.05, 0.1) is 12.7 Å². The van der Waals surface area contributed by atoms with E-state index in [0.29, 0.717) is 6.10 Å². The molecule has 1 aromatic rings. The van der Waals surface area contributed by atoms with Gasteiger partial charge in [0.15, 0.2) is 0 Å². The Bertz CT molecular complexity index is 339. The van der Waals surface area contributed by atoms with Crippen LogP contribution in [0.3, 0.4) is 0 Å². The minimum atomic E-state index is 0.458. The highest BCUT2D eigenvalue weighted by Crippen LogP contribution is 2.16. The molecular weight excluding hydrogens is 222 g/mol. The van der Waals surface area contributed by atoms with E-state index in [9.17, 15) is 0 Å². The predicted molar refractivity (Wildman–Crippen MR) is 75.7 cm³/mol. The summed E-state index contributed by atoms with van der Waals surface area (Å²) in [5.41, 5.74) is 2.60. The van der Waals surface area contributed by atoms with Gasteiger partial charge in [0.25, 0.3) is 0 Å². The zero-order valence-corrected chi connectivity index (χ0v) is 11.7. The molecule has 1 heterocycles. The van der Waals surface area contributed by atoms with Crippen LogP contribution >= 0.6 is 0 Å². The van der Waals surface area contributed by atoms with Crippen LogP contribution in [-0.4, -0.2) is 30.6 Å². The summed E-state index contributed by atoms with van der Waals surface area (Å²) in [5, 5.41) is 0. The van der Waals surface area contributed by atoms with Crippen LogP contribution in [0.5, 0.6) is 0 Å². The number of hydrogen-bond donors (Lipinski definition) is 0. The molecule has 0 spiro atoms. The first kappa shape index (κ1) is 13.6.